The molecule has 1 aromatic carbocycles. The van der Waals surface area contributed by atoms with E-state index in [4.69, 9.17) is 0 Å². The van der Waals surface area contributed by atoms with Crippen LogP contribution in [0.15, 0.2) is 22.7 Å². The maximum atomic E-state index is 13.9. The van der Waals surface area contributed by atoms with Gasteiger partial charge in [-0.3, -0.25) is 5.32 Å². The first-order chi connectivity index (χ1) is 7.55. The Balaban J connectivity index is 2.30. The second-order valence-electron chi connectivity index (χ2n) is 4.22. The van der Waals surface area contributed by atoms with Gasteiger partial charge >= 0.3 is 0 Å². The van der Waals surface area contributed by atoms with Gasteiger partial charge in [0.1, 0.15) is 5.82 Å². The standard InChI is InChI=1S/C12H15BrFNS/c1-3-9-7-16-12(2,15-9)10-5-4-8(13)6-11(10)14/h4-6,9,15H,3,7H2,1-2H3. The summed E-state index contributed by atoms with van der Waals surface area (Å²) in [6, 6.07) is 5.77. The van der Waals surface area contributed by atoms with Gasteiger partial charge in [0.15, 0.2) is 0 Å². The summed E-state index contributed by atoms with van der Waals surface area (Å²) in [5, 5.41) is 3.50. The molecular weight excluding hydrogens is 289 g/mol. The quantitative estimate of drug-likeness (QED) is 0.890. The highest BCUT2D eigenvalue weighted by Gasteiger charge is 2.37. The van der Waals surface area contributed by atoms with Crippen molar-refractivity contribution in [2.45, 2.75) is 31.2 Å². The minimum Gasteiger partial charge on any atom is -0.296 e. The Bertz CT molecular complexity index is 399. The van der Waals surface area contributed by atoms with Crippen molar-refractivity contribution in [1.29, 1.82) is 0 Å². The molecule has 1 N–H and O–H groups in total. The average molecular weight is 304 g/mol. The van der Waals surface area contributed by atoms with Crippen molar-refractivity contribution in [3.8, 4) is 0 Å². The van der Waals surface area contributed by atoms with Crippen LogP contribution in [0.4, 0.5) is 4.39 Å². The second-order valence-corrected chi connectivity index (χ2v) is 6.57. The molecular formula is C12H15BrFNS. The third-order valence-corrected chi connectivity index (χ3v) is 4.97. The SMILES string of the molecule is CCC1CSC(C)(c2ccc(Br)cc2F)N1. The Hall–Kier alpha value is -0.0600. The minimum atomic E-state index is -0.286. The Kier molecular flexibility index (Phi) is 3.62. The maximum Gasteiger partial charge on any atom is 0.130 e. The van der Waals surface area contributed by atoms with Crippen LogP contribution in [0.1, 0.15) is 25.8 Å². The number of benzene rings is 1. The molecule has 2 atom stereocenters. The highest BCUT2D eigenvalue weighted by atomic mass is 79.9. The number of hydrogen-bond donors (Lipinski definition) is 1. The maximum absolute atomic E-state index is 13.9. The molecule has 0 spiro atoms. The van der Waals surface area contributed by atoms with E-state index in [1.165, 1.54) is 6.07 Å². The van der Waals surface area contributed by atoms with Gasteiger partial charge in [-0.25, -0.2) is 4.39 Å². The molecule has 2 unspecified atom stereocenters. The van der Waals surface area contributed by atoms with Gasteiger partial charge in [-0.05, 0) is 25.5 Å². The van der Waals surface area contributed by atoms with Crippen LogP contribution in [0, 0.1) is 5.82 Å². The Morgan fingerprint density at radius 3 is 2.94 bits per heavy atom. The molecule has 16 heavy (non-hydrogen) atoms. The van der Waals surface area contributed by atoms with E-state index in [0.29, 0.717) is 6.04 Å². The van der Waals surface area contributed by atoms with Crippen LogP contribution >= 0.6 is 27.7 Å². The lowest BCUT2D eigenvalue weighted by molar-refractivity contribution is 0.451. The fraction of sp³-hybridized carbons (Fsp3) is 0.500. The van der Waals surface area contributed by atoms with E-state index in [2.05, 4.69) is 35.1 Å². The average Bonchev–Trinajstić information content (AvgIpc) is 2.61. The highest BCUT2D eigenvalue weighted by Crippen LogP contribution is 2.41. The molecule has 1 nitrogen and oxygen atoms in total. The van der Waals surface area contributed by atoms with E-state index in [9.17, 15) is 4.39 Å². The third-order valence-electron chi connectivity index (χ3n) is 2.99. The molecule has 0 radical (unpaired) electrons. The van der Waals surface area contributed by atoms with Crippen molar-refractivity contribution in [1.82, 2.24) is 5.32 Å². The van der Waals surface area contributed by atoms with Crippen LogP contribution < -0.4 is 5.32 Å². The van der Waals surface area contributed by atoms with Gasteiger partial charge in [-0.1, -0.05) is 28.9 Å². The summed E-state index contributed by atoms with van der Waals surface area (Å²) in [4.78, 5) is -0.286. The molecule has 2 rings (SSSR count). The first-order valence-electron chi connectivity index (χ1n) is 5.42. The molecule has 1 fully saturated rings. The van der Waals surface area contributed by atoms with E-state index in [1.807, 2.05) is 12.1 Å². The van der Waals surface area contributed by atoms with Crippen LogP contribution in [-0.4, -0.2) is 11.8 Å². The predicted molar refractivity (Wildman–Crippen MR) is 71.1 cm³/mol. The number of nitrogens with one attached hydrogen (secondary N) is 1. The number of halogens is 2. The largest absolute Gasteiger partial charge is 0.296 e. The van der Waals surface area contributed by atoms with Crippen LogP contribution in [0.2, 0.25) is 0 Å². The zero-order valence-corrected chi connectivity index (χ0v) is 11.8. The summed E-state index contributed by atoms with van der Waals surface area (Å²) in [7, 11) is 0. The van der Waals surface area contributed by atoms with Crippen molar-refractivity contribution in [3.63, 3.8) is 0 Å². The van der Waals surface area contributed by atoms with Crippen molar-refractivity contribution in [2.24, 2.45) is 0 Å². The highest BCUT2D eigenvalue weighted by molar-refractivity contribution is 9.10. The molecule has 0 saturated carbocycles. The molecule has 0 aromatic heterocycles. The topological polar surface area (TPSA) is 12.0 Å². The van der Waals surface area contributed by atoms with E-state index < -0.39 is 0 Å². The lowest BCUT2D eigenvalue weighted by atomic mass is 10.1. The minimum absolute atomic E-state index is 0.145. The van der Waals surface area contributed by atoms with Crippen molar-refractivity contribution < 1.29 is 4.39 Å². The van der Waals surface area contributed by atoms with Gasteiger partial charge < -0.3 is 0 Å². The normalized spacial score (nSPS) is 29.6. The first kappa shape index (κ1) is 12.4. The van der Waals surface area contributed by atoms with Gasteiger partial charge in [0.25, 0.3) is 0 Å². The Morgan fingerprint density at radius 1 is 1.62 bits per heavy atom. The van der Waals surface area contributed by atoms with E-state index >= 15 is 0 Å². The molecule has 1 heterocycles. The molecule has 88 valence electrons. The monoisotopic (exact) mass is 303 g/mol. The zero-order chi connectivity index (χ0) is 11.8. The van der Waals surface area contributed by atoms with Gasteiger partial charge in [0.2, 0.25) is 0 Å². The molecule has 0 aliphatic carbocycles. The van der Waals surface area contributed by atoms with Gasteiger partial charge in [0.05, 0.1) is 4.87 Å². The fourth-order valence-corrected chi connectivity index (χ4v) is 3.75. The number of rotatable bonds is 2. The van der Waals surface area contributed by atoms with E-state index in [1.54, 1.807) is 11.8 Å². The molecule has 1 aliphatic heterocycles. The Morgan fingerprint density at radius 2 is 2.38 bits per heavy atom. The molecule has 0 amide bonds. The molecule has 1 saturated heterocycles. The van der Waals surface area contributed by atoms with Crippen molar-refractivity contribution in [2.75, 3.05) is 5.75 Å². The van der Waals surface area contributed by atoms with Crippen LogP contribution in [0.25, 0.3) is 0 Å². The predicted octanol–water partition coefficient (Wildman–Crippen LogP) is 3.88. The summed E-state index contributed by atoms with van der Waals surface area (Å²) in [6.07, 6.45) is 1.08. The first-order valence-corrected chi connectivity index (χ1v) is 7.20. The van der Waals surface area contributed by atoms with E-state index in [0.717, 1.165) is 22.2 Å². The summed E-state index contributed by atoms with van der Waals surface area (Å²) >= 11 is 5.06. The molecule has 4 heteroatoms. The van der Waals surface area contributed by atoms with Gasteiger partial charge in [-0.2, -0.15) is 0 Å². The van der Waals surface area contributed by atoms with Gasteiger partial charge in [-0.15, -0.1) is 11.8 Å². The molecule has 0 bridgehead atoms. The molecule has 1 aliphatic rings. The van der Waals surface area contributed by atoms with Crippen LogP contribution in [0.5, 0.6) is 0 Å². The van der Waals surface area contributed by atoms with Crippen LogP contribution in [-0.2, 0) is 4.87 Å². The number of thioether (sulfide) groups is 1. The fourth-order valence-electron chi connectivity index (χ4n) is 1.99. The second kappa shape index (κ2) is 4.67. The smallest absolute Gasteiger partial charge is 0.130 e. The third kappa shape index (κ3) is 2.29. The summed E-state index contributed by atoms with van der Waals surface area (Å²) < 4.78 is 14.7. The lowest BCUT2D eigenvalue weighted by Gasteiger charge is -2.25. The molecule has 1 aromatic rings. The summed E-state index contributed by atoms with van der Waals surface area (Å²) in [5.74, 6) is 0.899. The summed E-state index contributed by atoms with van der Waals surface area (Å²) in [5.41, 5.74) is 0.747. The zero-order valence-electron chi connectivity index (χ0n) is 9.39. The van der Waals surface area contributed by atoms with Gasteiger partial charge in [0, 0.05) is 21.8 Å². The van der Waals surface area contributed by atoms with E-state index in [-0.39, 0.29) is 10.7 Å². The lowest BCUT2D eigenvalue weighted by Crippen LogP contribution is -2.37. The Labute approximate surface area is 108 Å². The van der Waals surface area contributed by atoms with Crippen LogP contribution in [0.3, 0.4) is 0 Å². The van der Waals surface area contributed by atoms with Crippen molar-refractivity contribution in [3.05, 3.63) is 34.1 Å². The number of hydrogen-bond acceptors (Lipinski definition) is 2. The van der Waals surface area contributed by atoms with Crippen molar-refractivity contribution >= 4 is 27.7 Å². The summed E-state index contributed by atoms with van der Waals surface area (Å²) in [6.45, 7) is 4.21.